The van der Waals surface area contributed by atoms with Crippen molar-refractivity contribution in [3.05, 3.63) is 29.6 Å². The molecule has 0 aliphatic carbocycles. The standard InChI is InChI=1S/C14H19FN2O4S/c1-9-7-11(5-6-16-9)17-22(19,20)13-4-3-10(15)8-12(13)14(18)21-2/h3-4,8-9,11,16-17H,5-7H2,1-2H3. The third kappa shape index (κ3) is 3.82. The molecule has 0 saturated carbocycles. The van der Waals surface area contributed by atoms with Crippen molar-refractivity contribution in [3.8, 4) is 0 Å². The summed E-state index contributed by atoms with van der Waals surface area (Å²) in [5.41, 5.74) is -0.308. The predicted octanol–water partition coefficient (Wildman–Crippen LogP) is 1.03. The minimum absolute atomic E-state index is 0.203. The van der Waals surface area contributed by atoms with E-state index >= 15 is 0 Å². The molecule has 0 aromatic heterocycles. The van der Waals surface area contributed by atoms with E-state index in [1.165, 1.54) is 0 Å². The second kappa shape index (κ2) is 6.72. The monoisotopic (exact) mass is 330 g/mol. The maximum atomic E-state index is 13.3. The van der Waals surface area contributed by atoms with Crippen molar-refractivity contribution in [1.82, 2.24) is 10.0 Å². The third-order valence-electron chi connectivity index (χ3n) is 3.58. The summed E-state index contributed by atoms with van der Waals surface area (Å²) in [7, 11) is -2.81. The van der Waals surface area contributed by atoms with Crippen LogP contribution >= 0.6 is 0 Å². The van der Waals surface area contributed by atoms with Crippen molar-refractivity contribution in [2.75, 3.05) is 13.7 Å². The molecule has 0 bridgehead atoms. The quantitative estimate of drug-likeness (QED) is 0.806. The van der Waals surface area contributed by atoms with Crippen molar-refractivity contribution in [3.63, 3.8) is 0 Å². The van der Waals surface area contributed by atoms with Crippen molar-refractivity contribution in [2.45, 2.75) is 36.7 Å². The first-order chi connectivity index (χ1) is 10.3. The fourth-order valence-electron chi connectivity index (χ4n) is 2.53. The van der Waals surface area contributed by atoms with E-state index in [1.807, 2.05) is 6.92 Å². The van der Waals surface area contributed by atoms with Crippen LogP contribution in [-0.4, -0.2) is 40.1 Å². The second-order valence-corrected chi connectivity index (χ2v) is 7.01. The van der Waals surface area contributed by atoms with Gasteiger partial charge in [0, 0.05) is 12.1 Å². The summed E-state index contributed by atoms with van der Waals surface area (Å²) in [6.45, 7) is 2.68. The Morgan fingerprint density at radius 3 is 2.82 bits per heavy atom. The van der Waals surface area contributed by atoms with Gasteiger partial charge in [0.1, 0.15) is 5.82 Å². The smallest absolute Gasteiger partial charge is 0.339 e. The maximum Gasteiger partial charge on any atom is 0.339 e. The average Bonchev–Trinajstić information content (AvgIpc) is 2.45. The van der Waals surface area contributed by atoms with Crippen LogP contribution in [0.3, 0.4) is 0 Å². The summed E-state index contributed by atoms with van der Waals surface area (Å²) in [4.78, 5) is 11.4. The molecular formula is C14H19FN2O4S. The molecule has 2 unspecified atom stereocenters. The number of rotatable bonds is 4. The lowest BCUT2D eigenvalue weighted by atomic mass is 10.0. The first-order valence-electron chi connectivity index (χ1n) is 6.97. The Hall–Kier alpha value is -1.51. The lowest BCUT2D eigenvalue weighted by Gasteiger charge is -2.28. The SMILES string of the molecule is COC(=O)c1cc(F)ccc1S(=O)(=O)NC1CCNC(C)C1. The van der Waals surface area contributed by atoms with Crippen molar-refractivity contribution < 1.29 is 22.3 Å². The maximum absolute atomic E-state index is 13.3. The molecule has 1 aliphatic heterocycles. The Kier molecular flexibility index (Phi) is 5.15. The molecule has 0 amide bonds. The van der Waals surface area contributed by atoms with Gasteiger partial charge in [0.05, 0.1) is 17.6 Å². The van der Waals surface area contributed by atoms with Crippen molar-refractivity contribution in [1.29, 1.82) is 0 Å². The highest BCUT2D eigenvalue weighted by molar-refractivity contribution is 7.89. The minimum Gasteiger partial charge on any atom is -0.465 e. The van der Waals surface area contributed by atoms with Crippen LogP contribution in [0.5, 0.6) is 0 Å². The van der Waals surface area contributed by atoms with E-state index in [1.54, 1.807) is 0 Å². The molecule has 6 nitrogen and oxygen atoms in total. The van der Waals surface area contributed by atoms with Crippen LogP contribution < -0.4 is 10.0 Å². The Morgan fingerprint density at radius 1 is 1.45 bits per heavy atom. The Morgan fingerprint density at radius 2 is 2.18 bits per heavy atom. The van der Waals surface area contributed by atoms with Gasteiger partial charge in [0.2, 0.25) is 10.0 Å². The second-order valence-electron chi connectivity index (χ2n) is 5.33. The molecular weight excluding hydrogens is 311 g/mol. The summed E-state index contributed by atoms with van der Waals surface area (Å²) in [6.07, 6.45) is 1.30. The zero-order valence-electron chi connectivity index (χ0n) is 12.4. The minimum atomic E-state index is -3.93. The van der Waals surface area contributed by atoms with E-state index in [9.17, 15) is 17.6 Å². The highest BCUT2D eigenvalue weighted by atomic mass is 32.2. The molecule has 1 fully saturated rings. The molecule has 8 heteroatoms. The van der Waals surface area contributed by atoms with Gasteiger partial charge in [-0.3, -0.25) is 0 Å². The van der Waals surface area contributed by atoms with Crippen LogP contribution in [-0.2, 0) is 14.8 Å². The number of nitrogens with one attached hydrogen (secondary N) is 2. The number of halogens is 1. The largest absolute Gasteiger partial charge is 0.465 e. The molecule has 1 saturated heterocycles. The van der Waals surface area contributed by atoms with Crippen molar-refractivity contribution in [2.24, 2.45) is 0 Å². The van der Waals surface area contributed by atoms with E-state index in [2.05, 4.69) is 14.8 Å². The predicted molar refractivity (Wildman–Crippen MR) is 78.5 cm³/mol. The number of piperidine rings is 1. The van der Waals surface area contributed by atoms with E-state index in [0.29, 0.717) is 19.4 Å². The highest BCUT2D eigenvalue weighted by Crippen LogP contribution is 2.20. The van der Waals surface area contributed by atoms with E-state index < -0.39 is 21.8 Å². The van der Waals surface area contributed by atoms with Crippen molar-refractivity contribution >= 4 is 16.0 Å². The normalized spacial score (nSPS) is 22.3. The molecule has 122 valence electrons. The Bertz CT molecular complexity index is 663. The Balaban J connectivity index is 2.31. The molecule has 1 heterocycles. The van der Waals surface area contributed by atoms with Gasteiger partial charge in [-0.2, -0.15) is 0 Å². The lowest BCUT2D eigenvalue weighted by Crippen LogP contribution is -2.46. The molecule has 2 N–H and O–H groups in total. The molecule has 2 rings (SSSR count). The number of ether oxygens (including phenoxy) is 1. The number of methoxy groups -OCH3 is 1. The summed E-state index contributed by atoms with van der Waals surface area (Å²) < 4.78 is 45.4. The van der Waals surface area contributed by atoms with Crippen LogP contribution in [0, 0.1) is 5.82 Å². The van der Waals surface area contributed by atoms with Gasteiger partial charge in [-0.25, -0.2) is 22.3 Å². The fourth-order valence-corrected chi connectivity index (χ4v) is 3.99. The molecule has 0 radical (unpaired) electrons. The van der Waals surface area contributed by atoms with Gasteiger partial charge in [-0.1, -0.05) is 0 Å². The van der Waals surface area contributed by atoms with Crippen LogP contribution in [0.25, 0.3) is 0 Å². The van der Waals surface area contributed by atoms with Gasteiger partial charge in [0.15, 0.2) is 0 Å². The average molecular weight is 330 g/mol. The van der Waals surface area contributed by atoms with Gasteiger partial charge >= 0.3 is 5.97 Å². The number of hydrogen-bond acceptors (Lipinski definition) is 5. The number of carbonyl (C=O) groups is 1. The molecule has 22 heavy (non-hydrogen) atoms. The van der Waals surface area contributed by atoms with Crippen LogP contribution in [0.15, 0.2) is 23.1 Å². The molecule has 1 aromatic carbocycles. The first kappa shape index (κ1) is 16.9. The van der Waals surface area contributed by atoms with E-state index in [0.717, 1.165) is 25.3 Å². The number of sulfonamides is 1. The summed E-state index contributed by atoms with van der Waals surface area (Å²) >= 11 is 0. The third-order valence-corrected chi connectivity index (χ3v) is 5.16. The molecule has 0 spiro atoms. The summed E-state index contributed by atoms with van der Waals surface area (Å²) in [6, 6.07) is 2.93. The fraction of sp³-hybridized carbons (Fsp3) is 0.500. The van der Waals surface area contributed by atoms with Crippen LogP contribution in [0.2, 0.25) is 0 Å². The zero-order chi connectivity index (χ0) is 16.3. The topological polar surface area (TPSA) is 84.5 Å². The molecule has 2 atom stereocenters. The molecule has 1 aliphatic rings. The van der Waals surface area contributed by atoms with Gasteiger partial charge in [0.25, 0.3) is 0 Å². The first-order valence-corrected chi connectivity index (χ1v) is 8.45. The molecule has 1 aromatic rings. The number of hydrogen-bond donors (Lipinski definition) is 2. The summed E-state index contributed by atoms with van der Waals surface area (Å²) in [5, 5.41) is 3.23. The highest BCUT2D eigenvalue weighted by Gasteiger charge is 2.28. The van der Waals surface area contributed by atoms with Gasteiger partial charge < -0.3 is 10.1 Å². The lowest BCUT2D eigenvalue weighted by molar-refractivity contribution is 0.0595. The number of carbonyl (C=O) groups excluding carboxylic acids is 1. The number of benzene rings is 1. The van der Waals surface area contributed by atoms with Crippen LogP contribution in [0.1, 0.15) is 30.1 Å². The zero-order valence-corrected chi connectivity index (χ0v) is 13.2. The van der Waals surface area contributed by atoms with E-state index in [4.69, 9.17) is 0 Å². The number of esters is 1. The van der Waals surface area contributed by atoms with Gasteiger partial charge in [-0.15, -0.1) is 0 Å². The summed E-state index contributed by atoms with van der Waals surface area (Å²) in [5.74, 6) is -1.59. The van der Waals surface area contributed by atoms with E-state index in [-0.39, 0.29) is 22.5 Å². The Labute approximate surface area is 129 Å². The van der Waals surface area contributed by atoms with Gasteiger partial charge in [-0.05, 0) is 44.5 Å². The van der Waals surface area contributed by atoms with Crippen LogP contribution in [0.4, 0.5) is 4.39 Å².